The topological polar surface area (TPSA) is 46.5 Å². The Labute approximate surface area is 129 Å². The van der Waals surface area contributed by atoms with E-state index in [-0.39, 0.29) is 11.3 Å². The van der Waals surface area contributed by atoms with Crippen LogP contribution in [0.5, 0.6) is 11.5 Å². The summed E-state index contributed by atoms with van der Waals surface area (Å²) in [5, 5.41) is 11.7. The predicted octanol–water partition coefficient (Wildman–Crippen LogP) is 4.53. The van der Waals surface area contributed by atoms with Crippen LogP contribution in [0, 0.1) is 0 Å². The number of ether oxygens (including phenoxy) is 1. The van der Waals surface area contributed by atoms with E-state index in [2.05, 4.69) is 15.9 Å². The smallest absolute Gasteiger partial charge is 0.347 e. The third kappa shape index (κ3) is 2.62. The lowest BCUT2D eigenvalue weighted by molar-refractivity contribution is 0.0732. The van der Waals surface area contributed by atoms with Crippen molar-refractivity contribution < 1.29 is 14.6 Å². The van der Waals surface area contributed by atoms with Crippen molar-refractivity contribution in [2.75, 3.05) is 0 Å². The van der Waals surface area contributed by atoms with Gasteiger partial charge in [-0.1, -0.05) is 58.4 Å². The lowest BCUT2D eigenvalue weighted by Crippen LogP contribution is -2.09. The van der Waals surface area contributed by atoms with Gasteiger partial charge in [0.15, 0.2) is 0 Å². The molecule has 1 N–H and O–H groups in total. The molecule has 4 heteroatoms. The van der Waals surface area contributed by atoms with E-state index in [1.807, 2.05) is 18.2 Å². The number of para-hydroxylation sites is 1. The van der Waals surface area contributed by atoms with Gasteiger partial charge in [-0.25, -0.2) is 4.79 Å². The molecular weight excluding hydrogens is 332 g/mol. The molecule has 3 aromatic carbocycles. The minimum Gasteiger partial charge on any atom is -0.506 e. The fourth-order valence-corrected chi connectivity index (χ4v) is 2.70. The third-order valence-corrected chi connectivity index (χ3v) is 3.80. The van der Waals surface area contributed by atoms with E-state index >= 15 is 0 Å². The van der Waals surface area contributed by atoms with Crippen LogP contribution in [-0.4, -0.2) is 11.1 Å². The second-order valence-corrected chi connectivity index (χ2v) is 5.36. The van der Waals surface area contributed by atoms with Crippen LogP contribution in [0.3, 0.4) is 0 Å². The number of fused-ring (bicyclic) bond motifs is 1. The molecule has 0 saturated carbocycles. The molecule has 0 spiro atoms. The molecule has 0 bridgehead atoms. The molecule has 3 nitrogen and oxygen atoms in total. The Bertz CT molecular complexity index is 813. The second-order valence-electron chi connectivity index (χ2n) is 4.50. The summed E-state index contributed by atoms with van der Waals surface area (Å²) >= 11 is 3.42. The van der Waals surface area contributed by atoms with Gasteiger partial charge in [-0.2, -0.15) is 0 Å². The van der Waals surface area contributed by atoms with Crippen molar-refractivity contribution in [3.05, 3.63) is 70.7 Å². The zero-order chi connectivity index (χ0) is 14.8. The van der Waals surface area contributed by atoms with Crippen LogP contribution < -0.4 is 4.74 Å². The van der Waals surface area contributed by atoms with Crippen LogP contribution in [0.1, 0.15) is 10.4 Å². The molecule has 0 amide bonds. The van der Waals surface area contributed by atoms with Gasteiger partial charge in [0, 0.05) is 9.86 Å². The predicted molar refractivity (Wildman–Crippen MR) is 84.7 cm³/mol. The van der Waals surface area contributed by atoms with E-state index in [1.165, 1.54) is 0 Å². The van der Waals surface area contributed by atoms with Crippen LogP contribution in [0.4, 0.5) is 0 Å². The Morgan fingerprint density at radius 3 is 2.29 bits per heavy atom. The van der Waals surface area contributed by atoms with Crippen molar-refractivity contribution in [3.8, 4) is 11.5 Å². The lowest BCUT2D eigenvalue weighted by Gasteiger charge is -2.10. The van der Waals surface area contributed by atoms with Crippen LogP contribution in [0.2, 0.25) is 0 Å². The first-order chi connectivity index (χ1) is 10.2. The Balaban J connectivity index is 2.04. The first-order valence-electron chi connectivity index (χ1n) is 6.34. The number of hydrogen-bond donors (Lipinski definition) is 1. The fourth-order valence-electron chi connectivity index (χ4n) is 2.12. The van der Waals surface area contributed by atoms with E-state index in [0.29, 0.717) is 11.1 Å². The number of esters is 1. The van der Waals surface area contributed by atoms with Gasteiger partial charge in [-0.05, 0) is 23.6 Å². The van der Waals surface area contributed by atoms with Gasteiger partial charge in [0.1, 0.15) is 17.1 Å². The number of carbonyl (C=O) groups excluding carboxylic acids is 1. The molecule has 0 aromatic heterocycles. The van der Waals surface area contributed by atoms with Crippen molar-refractivity contribution in [1.29, 1.82) is 0 Å². The standard InChI is InChI=1S/C17H11BrO3/c18-15-10-14(16(19)13-9-5-4-8-12(13)15)17(20)21-11-6-2-1-3-7-11/h1-10,19H. The molecule has 104 valence electrons. The summed E-state index contributed by atoms with van der Waals surface area (Å²) in [4.78, 5) is 12.2. The maximum atomic E-state index is 12.2. The van der Waals surface area contributed by atoms with E-state index < -0.39 is 5.97 Å². The SMILES string of the molecule is O=C(Oc1ccccc1)c1cc(Br)c2ccccc2c1O. The van der Waals surface area contributed by atoms with Gasteiger partial charge < -0.3 is 9.84 Å². The van der Waals surface area contributed by atoms with Gasteiger partial charge in [0.2, 0.25) is 0 Å². The van der Waals surface area contributed by atoms with Gasteiger partial charge in [-0.3, -0.25) is 0 Å². The van der Waals surface area contributed by atoms with Crippen LogP contribution in [-0.2, 0) is 0 Å². The largest absolute Gasteiger partial charge is 0.506 e. The molecule has 0 heterocycles. The highest BCUT2D eigenvalue weighted by Crippen LogP contribution is 2.34. The molecule has 3 aromatic rings. The Morgan fingerprint density at radius 2 is 1.57 bits per heavy atom. The summed E-state index contributed by atoms with van der Waals surface area (Å²) in [6.07, 6.45) is 0. The van der Waals surface area contributed by atoms with Crippen molar-refractivity contribution >= 4 is 32.7 Å². The number of hydrogen-bond acceptors (Lipinski definition) is 3. The third-order valence-electron chi connectivity index (χ3n) is 3.14. The minimum atomic E-state index is -0.592. The highest BCUT2D eigenvalue weighted by atomic mass is 79.9. The zero-order valence-corrected chi connectivity index (χ0v) is 12.5. The number of phenolic OH excluding ortho intramolecular Hbond substituents is 1. The molecule has 21 heavy (non-hydrogen) atoms. The average molecular weight is 343 g/mol. The van der Waals surface area contributed by atoms with Crippen molar-refractivity contribution in [2.24, 2.45) is 0 Å². The summed E-state index contributed by atoms with van der Waals surface area (Å²) in [7, 11) is 0. The van der Waals surface area contributed by atoms with E-state index in [9.17, 15) is 9.90 Å². The molecule has 0 aliphatic rings. The van der Waals surface area contributed by atoms with E-state index in [0.717, 1.165) is 9.86 Å². The lowest BCUT2D eigenvalue weighted by atomic mass is 10.1. The number of aromatic hydroxyl groups is 1. The first kappa shape index (κ1) is 13.6. The number of halogens is 1. The number of rotatable bonds is 2. The molecule has 3 rings (SSSR count). The maximum absolute atomic E-state index is 12.2. The summed E-state index contributed by atoms with van der Waals surface area (Å²) < 4.78 is 6.00. The molecule has 0 unspecified atom stereocenters. The fraction of sp³-hybridized carbons (Fsp3) is 0. The first-order valence-corrected chi connectivity index (χ1v) is 7.13. The van der Waals surface area contributed by atoms with Crippen LogP contribution in [0.25, 0.3) is 10.8 Å². The Morgan fingerprint density at radius 1 is 0.952 bits per heavy atom. The highest BCUT2D eigenvalue weighted by Gasteiger charge is 2.18. The molecule has 0 aliphatic carbocycles. The number of benzene rings is 3. The Hall–Kier alpha value is -2.33. The summed E-state index contributed by atoms with van der Waals surface area (Å²) in [6, 6.07) is 17.6. The quantitative estimate of drug-likeness (QED) is 0.549. The summed E-state index contributed by atoms with van der Waals surface area (Å²) in [6.45, 7) is 0. The van der Waals surface area contributed by atoms with Crippen LogP contribution in [0.15, 0.2) is 65.1 Å². The molecule has 0 atom stereocenters. The van der Waals surface area contributed by atoms with E-state index in [1.54, 1.807) is 42.5 Å². The molecular formula is C17H11BrO3. The number of carbonyl (C=O) groups is 1. The average Bonchev–Trinajstić information content (AvgIpc) is 2.52. The van der Waals surface area contributed by atoms with Crippen molar-refractivity contribution in [2.45, 2.75) is 0 Å². The van der Waals surface area contributed by atoms with Gasteiger partial charge in [0.25, 0.3) is 0 Å². The molecule has 0 aliphatic heterocycles. The molecule has 0 radical (unpaired) electrons. The van der Waals surface area contributed by atoms with Gasteiger partial charge >= 0.3 is 5.97 Å². The van der Waals surface area contributed by atoms with Gasteiger partial charge in [0.05, 0.1) is 0 Å². The highest BCUT2D eigenvalue weighted by molar-refractivity contribution is 9.10. The monoisotopic (exact) mass is 342 g/mol. The minimum absolute atomic E-state index is 0.0743. The molecule has 0 saturated heterocycles. The van der Waals surface area contributed by atoms with Crippen molar-refractivity contribution in [3.63, 3.8) is 0 Å². The van der Waals surface area contributed by atoms with Crippen LogP contribution >= 0.6 is 15.9 Å². The summed E-state index contributed by atoms with van der Waals surface area (Å²) in [5.74, 6) is -0.230. The number of phenols is 1. The normalized spacial score (nSPS) is 10.5. The maximum Gasteiger partial charge on any atom is 0.347 e. The zero-order valence-electron chi connectivity index (χ0n) is 10.9. The molecule has 0 fully saturated rings. The van der Waals surface area contributed by atoms with E-state index in [4.69, 9.17) is 4.74 Å². The summed E-state index contributed by atoms with van der Waals surface area (Å²) in [5.41, 5.74) is 0.129. The van der Waals surface area contributed by atoms with Crippen molar-refractivity contribution in [1.82, 2.24) is 0 Å². The van der Waals surface area contributed by atoms with Gasteiger partial charge in [-0.15, -0.1) is 0 Å². The second kappa shape index (κ2) is 5.58. The Kier molecular flexibility index (Phi) is 3.62.